The second-order valence-corrected chi connectivity index (χ2v) is 5.47. The molecule has 1 aliphatic rings. The third-order valence-electron chi connectivity index (χ3n) is 3.11. The topological polar surface area (TPSA) is 32.7 Å². The SMILES string of the molecule is C#CCC(C)(C)OC[C@H](O)CN1CCCCC1. The summed E-state index contributed by atoms with van der Waals surface area (Å²) in [6.07, 6.45) is 9.24. The molecule has 0 aromatic carbocycles. The van der Waals surface area contributed by atoms with E-state index in [0.29, 0.717) is 19.6 Å². The molecule has 3 heteroatoms. The van der Waals surface area contributed by atoms with Crippen molar-refractivity contribution < 1.29 is 9.84 Å². The van der Waals surface area contributed by atoms with Crippen molar-refractivity contribution in [2.24, 2.45) is 0 Å². The Balaban J connectivity index is 2.20. The summed E-state index contributed by atoms with van der Waals surface area (Å²) in [6, 6.07) is 0. The summed E-state index contributed by atoms with van der Waals surface area (Å²) in [5.74, 6) is 2.60. The number of ether oxygens (including phenoxy) is 1. The summed E-state index contributed by atoms with van der Waals surface area (Å²) in [4.78, 5) is 2.31. The van der Waals surface area contributed by atoms with Crippen molar-refractivity contribution in [1.29, 1.82) is 0 Å². The number of hydrogen-bond acceptors (Lipinski definition) is 3. The van der Waals surface area contributed by atoms with Gasteiger partial charge in [-0.15, -0.1) is 12.3 Å². The van der Waals surface area contributed by atoms with E-state index in [9.17, 15) is 5.11 Å². The summed E-state index contributed by atoms with van der Waals surface area (Å²) in [5, 5.41) is 9.91. The predicted molar refractivity (Wildman–Crippen MR) is 69.8 cm³/mol. The lowest BCUT2D eigenvalue weighted by molar-refractivity contribution is -0.0638. The maximum atomic E-state index is 9.91. The Bertz CT molecular complexity index is 251. The van der Waals surface area contributed by atoms with Crippen molar-refractivity contribution in [3.05, 3.63) is 0 Å². The van der Waals surface area contributed by atoms with Crippen LogP contribution in [0.2, 0.25) is 0 Å². The Morgan fingerprint density at radius 3 is 2.59 bits per heavy atom. The van der Waals surface area contributed by atoms with Gasteiger partial charge < -0.3 is 14.7 Å². The van der Waals surface area contributed by atoms with Crippen LogP contribution in [0.3, 0.4) is 0 Å². The van der Waals surface area contributed by atoms with Gasteiger partial charge in [0.2, 0.25) is 0 Å². The first kappa shape index (κ1) is 14.5. The van der Waals surface area contributed by atoms with Gasteiger partial charge in [0.1, 0.15) is 0 Å². The molecule has 1 rings (SSSR count). The van der Waals surface area contributed by atoms with Gasteiger partial charge in [-0.2, -0.15) is 0 Å². The van der Waals surface area contributed by atoms with Crippen LogP contribution in [0.1, 0.15) is 39.5 Å². The summed E-state index contributed by atoms with van der Waals surface area (Å²) >= 11 is 0. The molecule has 0 aromatic heterocycles. The van der Waals surface area contributed by atoms with Crippen molar-refractivity contribution in [1.82, 2.24) is 4.90 Å². The zero-order valence-corrected chi connectivity index (χ0v) is 11.1. The third-order valence-corrected chi connectivity index (χ3v) is 3.11. The number of aliphatic hydroxyl groups excluding tert-OH is 1. The van der Waals surface area contributed by atoms with Crippen molar-refractivity contribution in [3.63, 3.8) is 0 Å². The van der Waals surface area contributed by atoms with Crippen LogP contribution in [0.15, 0.2) is 0 Å². The van der Waals surface area contributed by atoms with Gasteiger partial charge in [0, 0.05) is 13.0 Å². The molecular weight excluding hydrogens is 214 g/mol. The van der Waals surface area contributed by atoms with E-state index in [0.717, 1.165) is 13.1 Å². The number of nitrogens with zero attached hydrogens (tertiary/aromatic N) is 1. The van der Waals surface area contributed by atoms with E-state index in [1.807, 2.05) is 13.8 Å². The van der Waals surface area contributed by atoms with Crippen LogP contribution in [0.25, 0.3) is 0 Å². The molecule has 0 bridgehead atoms. The van der Waals surface area contributed by atoms with Crippen LogP contribution < -0.4 is 0 Å². The average Bonchev–Trinajstić information content (AvgIpc) is 2.28. The summed E-state index contributed by atoms with van der Waals surface area (Å²) in [5.41, 5.74) is -0.336. The van der Waals surface area contributed by atoms with E-state index < -0.39 is 6.10 Å². The molecule has 1 atom stereocenters. The Labute approximate surface area is 105 Å². The van der Waals surface area contributed by atoms with Gasteiger partial charge in [-0.25, -0.2) is 0 Å². The normalized spacial score (nSPS) is 19.9. The molecular formula is C14H25NO2. The molecule has 0 amide bonds. The second-order valence-electron chi connectivity index (χ2n) is 5.47. The molecule has 1 aliphatic heterocycles. The van der Waals surface area contributed by atoms with Gasteiger partial charge in [0.05, 0.1) is 18.3 Å². The fourth-order valence-electron chi connectivity index (χ4n) is 2.11. The van der Waals surface area contributed by atoms with E-state index in [-0.39, 0.29) is 5.60 Å². The summed E-state index contributed by atoms with van der Waals surface area (Å²) < 4.78 is 5.65. The molecule has 1 fully saturated rings. The highest BCUT2D eigenvalue weighted by atomic mass is 16.5. The van der Waals surface area contributed by atoms with Crippen molar-refractivity contribution in [2.45, 2.75) is 51.2 Å². The summed E-state index contributed by atoms with van der Waals surface area (Å²) in [6.45, 7) is 7.20. The van der Waals surface area contributed by atoms with Gasteiger partial charge in [-0.05, 0) is 39.8 Å². The second kappa shape index (κ2) is 7.00. The molecule has 98 valence electrons. The first-order chi connectivity index (χ1) is 8.03. The lowest BCUT2D eigenvalue weighted by atomic mass is 10.1. The molecule has 0 unspecified atom stereocenters. The van der Waals surface area contributed by atoms with E-state index >= 15 is 0 Å². The molecule has 0 radical (unpaired) electrons. The molecule has 0 aliphatic carbocycles. The first-order valence-electron chi connectivity index (χ1n) is 6.51. The molecule has 17 heavy (non-hydrogen) atoms. The molecule has 1 saturated heterocycles. The van der Waals surface area contributed by atoms with E-state index in [1.54, 1.807) is 0 Å². The minimum absolute atomic E-state index is 0.336. The van der Waals surface area contributed by atoms with Crippen LogP contribution in [-0.4, -0.2) is 48.0 Å². The maximum absolute atomic E-state index is 9.91. The van der Waals surface area contributed by atoms with Crippen molar-refractivity contribution in [2.75, 3.05) is 26.2 Å². The molecule has 3 nitrogen and oxygen atoms in total. The van der Waals surface area contributed by atoms with Crippen LogP contribution in [0.5, 0.6) is 0 Å². The highest BCUT2D eigenvalue weighted by Crippen LogP contribution is 2.14. The monoisotopic (exact) mass is 239 g/mol. The molecule has 0 saturated carbocycles. The zero-order valence-electron chi connectivity index (χ0n) is 11.1. The molecule has 1 heterocycles. The van der Waals surface area contributed by atoms with Crippen molar-refractivity contribution in [3.8, 4) is 12.3 Å². The number of β-amino-alcohol motifs (C(OH)–C–C–N with tert-alkyl or cyclic N) is 1. The number of hydrogen-bond donors (Lipinski definition) is 1. The zero-order chi connectivity index (χ0) is 12.7. The fraction of sp³-hybridized carbons (Fsp3) is 0.857. The minimum atomic E-state index is -0.412. The van der Waals surface area contributed by atoms with E-state index in [1.165, 1.54) is 19.3 Å². The van der Waals surface area contributed by atoms with Gasteiger partial charge in [0.15, 0.2) is 0 Å². The number of aliphatic hydroxyl groups is 1. The number of piperidine rings is 1. The van der Waals surface area contributed by atoms with Gasteiger partial charge in [-0.3, -0.25) is 0 Å². The smallest absolute Gasteiger partial charge is 0.0900 e. The predicted octanol–water partition coefficient (Wildman–Crippen LogP) is 1.65. The quantitative estimate of drug-likeness (QED) is 0.715. The highest BCUT2D eigenvalue weighted by Gasteiger charge is 2.20. The summed E-state index contributed by atoms with van der Waals surface area (Å²) in [7, 11) is 0. The van der Waals surface area contributed by atoms with Crippen LogP contribution in [-0.2, 0) is 4.74 Å². The maximum Gasteiger partial charge on any atom is 0.0900 e. The average molecular weight is 239 g/mol. The lowest BCUT2D eigenvalue weighted by Crippen LogP contribution is -2.39. The highest BCUT2D eigenvalue weighted by molar-refractivity contribution is 4.92. The Morgan fingerprint density at radius 2 is 2.00 bits per heavy atom. The standard InChI is InChI=1S/C14H25NO2/c1-4-8-14(2,3)17-12-13(16)11-15-9-6-5-7-10-15/h1,13,16H,5-12H2,2-3H3/t13-/m1/s1. The van der Waals surface area contributed by atoms with Crippen molar-refractivity contribution >= 4 is 0 Å². The van der Waals surface area contributed by atoms with Gasteiger partial charge in [-0.1, -0.05) is 6.42 Å². The fourth-order valence-corrected chi connectivity index (χ4v) is 2.11. The molecule has 0 aromatic rings. The number of likely N-dealkylation sites (tertiary alicyclic amines) is 1. The van der Waals surface area contributed by atoms with E-state index in [4.69, 9.17) is 11.2 Å². The van der Waals surface area contributed by atoms with E-state index in [2.05, 4.69) is 10.8 Å². The van der Waals surface area contributed by atoms with Crippen LogP contribution in [0, 0.1) is 12.3 Å². The first-order valence-corrected chi connectivity index (χ1v) is 6.51. The number of terminal acetylenes is 1. The van der Waals surface area contributed by atoms with Gasteiger partial charge >= 0.3 is 0 Å². The van der Waals surface area contributed by atoms with Crippen LogP contribution in [0.4, 0.5) is 0 Å². The number of rotatable bonds is 6. The molecule has 1 N–H and O–H groups in total. The Kier molecular flexibility index (Phi) is 5.97. The Morgan fingerprint density at radius 1 is 1.35 bits per heavy atom. The van der Waals surface area contributed by atoms with Gasteiger partial charge in [0.25, 0.3) is 0 Å². The minimum Gasteiger partial charge on any atom is -0.389 e. The largest absolute Gasteiger partial charge is 0.389 e. The third kappa shape index (κ3) is 6.07. The molecule has 0 spiro atoms. The van der Waals surface area contributed by atoms with Crippen LogP contribution >= 0.6 is 0 Å². The lowest BCUT2D eigenvalue weighted by Gasteiger charge is -2.30. The Hall–Kier alpha value is -0.560.